The van der Waals surface area contributed by atoms with Crippen LogP contribution in [0.2, 0.25) is 0 Å². The molecule has 15 heavy (non-hydrogen) atoms. The zero-order valence-electron chi connectivity index (χ0n) is 10.0. The molecule has 2 atom stereocenters. The van der Waals surface area contributed by atoms with Gasteiger partial charge in [-0.2, -0.15) is 0 Å². The molecule has 1 rings (SSSR count). The predicted molar refractivity (Wildman–Crippen MR) is 61.9 cm³/mol. The molecule has 1 heterocycles. The van der Waals surface area contributed by atoms with Gasteiger partial charge in [-0.05, 0) is 31.6 Å². The van der Waals surface area contributed by atoms with Crippen LogP contribution >= 0.6 is 0 Å². The molecule has 90 valence electrons. The van der Waals surface area contributed by atoms with E-state index in [0.717, 1.165) is 26.0 Å². The zero-order chi connectivity index (χ0) is 11.1. The van der Waals surface area contributed by atoms with Crippen molar-refractivity contribution in [3.63, 3.8) is 0 Å². The lowest BCUT2D eigenvalue weighted by molar-refractivity contribution is 0.0149. The van der Waals surface area contributed by atoms with E-state index in [1.54, 1.807) is 0 Å². The van der Waals surface area contributed by atoms with E-state index in [0.29, 0.717) is 18.6 Å². The van der Waals surface area contributed by atoms with Gasteiger partial charge in [0.1, 0.15) is 0 Å². The number of nitrogens with one attached hydrogen (secondary N) is 1. The van der Waals surface area contributed by atoms with Crippen LogP contribution in [0.1, 0.15) is 39.5 Å². The van der Waals surface area contributed by atoms with E-state index in [1.165, 1.54) is 12.8 Å². The Labute approximate surface area is 93.2 Å². The lowest BCUT2D eigenvalue weighted by atomic mass is 10.1. The largest absolute Gasteiger partial charge is 0.392 e. The molecule has 0 spiro atoms. The fraction of sp³-hybridized carbons (Fsp3) is 1.00. The highest BCUT2D eigenvalue weighted by atomic mass is 16.5. The Kier molecular flexibility index (Phi) is 6.22. The molecule has 1 fully saturated rings. The Hall–Kier alpha value is -0.120. The molecule has 0 aromatic carbocycles. The van der Waals surface area contributed by atoms with Gasteiger partial charge in [0.05, 0.1) is 12.2 Å². The van der Waals surface area contributed by atoms with E-state index in [4.69, 9.17) is 4.74 Å². The maximum absolute atomic E-state index is 9.65. The van der Waals surface area contributed by atoms with Crippen molar-refractivity contribution in [2.24, 2.45) is 5.92 Å². The molecule has 2 N–H and O–H groups in total. The smallest absolute Gasteiger partial charge is 0.0699 e. The van der Waals surface area contributed by atoms with Gasteiger partial charge in [-0.1, -0.05) is 13.8 Å². The van der Waals surface area contributed by atoms with E-state index in [9.17, 15) is 5.11 Å². The van der Waals surface area contributed by atoms with Crippen molar-refractivity contribution in [2.45, 2.75) is 51.7 Å². The Morgan fingerprint density at radius 3 is 2.80 bits per heavy atom. The van der Waals surface area contributed by atoms with Crippen LogP contribution < -0.4 is 5.32 Å². The molecule has 0 amide bonds. The zero-order valence-corrected chi connectivity index (χ0v) is 10.0. The summed E-state index contributed by atoms with van der Waals surface area (Å²) in [5.74, 6) is 0.563. The highest BCUT2D eigenvalue weighted by molar-refractivity contribution is 4.68. The van der Waals surface area contributed by atoms with Crippen molar-refractivity contribution in [1.82, 2.24) is 5.32 Å². The Morgan fingerprint density at radius 2 is 2.20 bits per heavy atom. The molecular formula is C12H25NO2. The summed E-state index contributed by atoms with van der Waals surface area (Å²) >= 11 is 0. The standard InChI is InChI=1S/C12H25NO2/c1-10(2)7-11(14)8-13-9-12-5-3-4-6-15-12/h10-14H,3-9H2,1-2H3. The van der Waals surface area contributed by atoms with Crippen molar-refractivity contribution in [2.75, 3.05) is 19.7 Å². The highest BCUT2D eigenvalue weighted by Crippen LogP contribution is 2.11. The fourth-order valence-electron chi connectivity index (χ4n) is 2.01. The number of aliphatic hydroxyl groups is 1. The number of hydrogen-bond acceptors (Lipinski definition) is 3. The summed E-state index contributed by atoms with van der Waals surface area (Å²) in [5, 5.41) is 12.9. The molecular weight excluding hydrogens is 190 g/mol. The van der Waals surface area contributed by atoms with Crippen LogP contribution in [0.15, 0.2) is 0 Å². The summed E-state index contributed by atoms with van der Waals surface area (Å²) in [4.78, 5) is 0. The van der Waals surface area contributed by atoms with Crippen LogP contribution in [-0.2, 0) is 4.74 Å². The SMILES string of the molecule is CC(C)CC(O)CNCC1CCCCO1. The number of rotatable bonds is 6. The third-order valence-electron chi connectivity index (χ3n) is 2.77. The van der Waals surface area contributed by atoms with Crippen LogP contribution in [0.5, 0.6) is 0 Å². The van der Waals surface area contributed by atoms with Gasteiger partial charge < -0.3 is 15.2 Å². The molecule has 1 aliphatic rings. The summed E-state index contributed by atoms with van der Waals surface area (Å²) in [6.45, 7) is 6.75. The summed E-state index contributed by atoms with van der Waals surface area (Å²) in [6.07, 6.45) is 4.66. The maximum atomic E-state index is 9.65. The van der Waals surface area contributed by atoms with Crippen LogP contribution in [0.3, 0.4) is 0 Å². The van der Waals surface area contributed by atoms with E-state index < -0.39 is 0 Å². The van der Waals surface area contributed by atoms with Crippen LogP contribution in [0.4, 0.5) is 0 Å². The quantitative estimate of drug-likeness (QED) is 0.706. The molecule has 0 aromatic rings. The third kappa shape index (κ3) is 6.13. The molecule has 3 heteroatoms. The van der Waals surface area contributed by atoms with Gasteiger partial charge in [0.2, 0.25) is 0 Å². The average Bonchev–Trinajstić information content (AvgIpc) is 2.18. The van der Waals surface area contributed by atoms with Gasteiger partial charge >= 0.3 is 0 Å². The minimum Gasteiger partial charge on any atom is -0.392 e. The maximum Gasteiger partial charge on any atom is 0.0699 e. The van der Waals surface area contributed by atoms with Crippen molar-refractivity contribution >= 4 is 0 Å². The molecule has 0 aromatic heterocycles. The molecule has 0 aliphatic carbocycles. The summed E-state index contributed by atoms with van der Waals surface area (Å²) in [6, 6.07) is 0. The lowest BCUT2D eigenvalue weighted by Crippen LogP contribution is -2.36. The normalized spacial score (nSPS) is 24.4. The Balaban J connectivity index is 1.99. The second kappa shape index (κ2) is 7.20. The van der Waals surface area contributed by atoms with Crippen LogP contribution in [0, 0.1) is 5.92 Å². The summed E-state index contributed by atoms with van der Waals surface area (Å²) in [7, 11) is 0. The molecule has 0 radical (unpaired) electrons. The molecule has 3 nitrogen and oxygen atoms in total. The van der Waals surface area contributed by atoms with E-state index in [-0.39, 0.29) is 6.10 Å². The topological polar surface area (TPSA) is 41.5 Å². The first kappa shape index (κ1) is 12.9. The van der Waals surface area contributed by atoms with Crippen LogP contribution in [-0.4, -0.2) is 37.0 Å². The highest BCUT2D eigenvalue weighted by Gasteiger charge is 2.14. The minimum atomic E-state index is -0.214. The first-order valence-corrected chi connectivity index (χ1v) is 6.19. The predicted octanol–water partition coefficient (Wildman–Crippen LogP) is 1.55. The second-order valence-corrected chi connectivity index (χ2v) is 4.93. The number of hydrogen-bond donors (Lipinski definition) is 2. The summed E-state index contributed by atoms with van der Waals surface area (Å²) in [5.41, 5.74) is 0. The summed E-state index contributed by atoms with van der Waals surface area (Å²) < 4.78 is 5.60. The Bertz CT molecular complexity index is 156. The van der Waals surface area contributed by atoms with Gasteiger partial charge in [0.25, 0.3) is 0 Å². The van der Waals surface area contributed by atoms with Crippen molar-refractivity contribution in [3.05, 3.63) is 0 Å². The Morgan fingerprint density at radius 1 is 1.40 bits per heavy atom. The van der Waals surface area contributed by atoms with E-state index in [1.807, 2.05) is 0 Å². The van der Waals surface area contributed by atoms with Crippen molar-refractivity contribution in [1.29, 1.82) is 0 Å². The van der Waals surface area contributed by atoms with Gasteiger partial charge in [-0.3, -0.25) is 0 Å². The molecule has 1 saturated heterocycles. The van der Waals surface area contributed by atoms with Crippen LogP contribution in [0.25, 0.3) is 0 Å². The first-order valence-electron chi connectivity index (χ1n) is 6.19. The number of aliphatic hydroxyl groups excluding tert-OH is 1. The monoisotopic (exact) mass is 215 g/mol. The fourth-order valence-corrected chi connectivity index (χ4v) is 2.01. The second-order valence-electron chi connectivity index (χ2n) is 4.93. The lowest BCUT2D eigenvalue weighted by Gasteiger charge is -2.23. The molecule has 2 unspecified atom stereocenters. The van der Waals surface area contributed by atoms with Gasteiger partial charge in [-0.15, -0.1) is 0 Å². The van der Waals surface area contributed by atoms with Gasteiger partial charge in [0, 0.05) is 19.7 Å². The molecule has 1 aliphatic heterocycles. The van der Waals surface area contributed by atoms with E-state index >= 15 is 0 Å². The van der Waals surface area contributed by atoms with Crippen molar-refractivity contribution < 1.29 is 9.84 Å². The van der Waals surface area contributed by atoms with E-state index in [2.05, 4.69) is 19.2 Å². The van der Waals surface area contributed by atoms with Gasteiger partial charge in [0.15, 0.2) is 0 Å². The van der Waals surface area contributed by atoms with Crippen molar-refractivity contribution in [3.8, 4) is 0 Å². The molecule has 0 saturated carbocycles. The number of ether oxygens (including phenoxy) is 1. The van der Waals surface area contributed by atoms with Gasteiger partial charge in [-0.25, -0.2) is 0 Å². The first-order chi connectivity index (χ1) is 7.18. The molecule has 0 bridgehead atoms. The average molecular weight is 215 g/mol. The third-order valence-corrected chi connectivity index (χ3v) is 2.77. The minimum absolute atomic E-state index is 0.214.